The molecule has 6 nitrogen and oxygen atoms in total. The SMILES string of the molecule is N#Cc1cccc(C2=Nc3ccc(C(=O)O)cc3NC(=O)C2)c1. The Balaban J connectivity index is 2.10. The first-order chi connectivity index (χ1) is 11.1. The fourth-order valence-corrected chi connectivity index (χ4v) is 2.33. The van der Waals surface area contributed by atoms with Crippen LogP contribution in [-0.4, -0.2) is 22.7 Å². The standard InChI is InChI=1S/C17H11N3O3/c18-9-10-2-1-3-11(6-10)14-8-16(21)20-15-7-12(17(22)23)4-5-13(15)19-14/h1-7H,8H2,(H,20,21)(H,22,23). The van der Waals surface area contributed by atoms with Crippen LogP contribution in [0.15, 0.2) is 47.5 Å². The zero-order chi connectivity index (χ0) is 16.4. The number of hydrogen-bond acceptors (Lipinski definition) is 4. The van der Waals surface area contributed by atoms with E-state index < -0.39 is 5.97 Å². The quantitative estimate of drug-likeness (QED) is 0.890. The number of aliphatic imine (C=N–C) groups is 1. The minimum atomic E-state index is -1.07. The van der Waals surface area contributed by atoms with Crippen molar-refractivity contribution in [3.63, 3.8) is 0 Å². The number of carbonyl (C=O) groups is 2. The van der Waals surface area contributed by atoms with Crippen molar-refractivity contribution in [2.24, 2.45) is 4.99 Å². The molecular weight excluding hydrogens is 294 g/mol. The van der Waals surface area contributed by atoms with Crippen molar-refractivity contribution in [2.45, 2.75) is 6.42 Å². The van der Waals surface area contributed by atoms with Crippen LogP contribution in [0.2, 0.25) is 0 Å². The largest absolute Gasteiger partial charge is 0.478 e. The number of rotatable bonds is 2. The van der Waals surface area contributed by atoms with Crippen LogP contribution in [0.3, 0.4) is 0 Å². The van der Waals surface area contributed by atoms with Gasteiger partial charge in [0.25, 0.3) is 0 Å². The number of carboxylic acid groups (broad SMARTS) is 1. The lowest BCUT2D eigenvalue weighted by atomic mass is 10.0. The molecule has 0 aromatic heterocycles. The number of anilines is 1. The maximum Gasteiger partial charge on any atom is 0.335 e. The lowest BCUT2D eigenvalue weighted by Gasteiger charge is -2.05. The number of benzene rings is 2. The van der Waals surface area contributed by atoms with E-state index in [1.807, 2.05) is 0 Å². The maximum atomic E-state index is 12.1. The predicted molar refractivity (Wildman–Crippen MR) is 84.0 cm³/mol. The number of fused-ring (bicyclic) bond motifs is 1. The third kappa shape index (κ3) is 2.94. The van der Waals surface area contributed by atoms with Gasteiger partial charge in [-0.05, 0) is 35.9 Å². The van der Waals surface area contributed by atoms with E-state index in [2.05, 4.69) is 16.4 Å². The normalized spacial score (nSPS) is 13.2. The molecule has 0 saturated carbocycles. The summed E-state index contributed by atoms with van der Waals surface area (Å²) in [5, 5.41) is 20.7. The van der Waals surface area contributed by atoms with Gasteiger partial charge in [0.15, 0.2) is 0 Å². The first-order valence-corrected chi connectivity index (χ1v) is 6.82. The number of hydrogen-bond donors (Lipinski definition) is 2. The summed E-state index contributed by atoms with van der Waals surface area (Å²) in [6, 6.07) is 13.3. The van der Waals surface area contributed by atoms with Crippen molar-refractivity contribution >= 4 is 29.0 Å². The summed E-state index contributed by atoms with van der Waals surface area (Å²) in [5.74, 6) is -1.36. The Labute approximate surface area is 131 Å². The number of nitriles is 1. The molecule has 2 aromatic carbocycles. The molecule has 0 unspecified atom stereocenters. The third-order valence-corrected chi connectivity index (χ3v) is 3.43. The van der Waals surface area contributed by atoms with Gasteiger partial charge in [-0.25, -0.2) is 4.79 Å². The lowest BCUT2D eigenvalue weighted by molar-refractivity contribution is -0.115. The van der Waals surface area contributed by atoms with Gasteiger partial charge in [0.1, 0.15) is 0 Å². The van der Waals surface area contributed by atoms with E-state index in [-0.39, 0.29) is 17.9 Å². The molecule has 112 valence electrons. The fraction of sp³-hybridized carbons (Fsp3) is 0.0588. The summed E-state index contributed by atoms with van der Waals surface area (Å²) in [4.78, 5) is 27.6. The highest BCUT2D eigenvalue weighted by atomic mass is 16.4. The van der Waals surface area contributed by atoms with Crippen molar-refractivity contribution in [3.8, 4) is 6.07 Å². The number of carbonyl (C=O) groups excluding carboxylic acids is 1. The van der Waals surface area contributed by atoms with Crippen LogP contribution >= 0.6 is 0 Å². The number of carboxylic acids is 1. The second-order valence-electron chi connectivity index (χ2n) is 5.01. The van der Waals surface area contributed by atoms with E-state index in [4.69, 9.17) is 10.4 Å². The maximum absolute atomic E-state index is 12.1. The molecule has 0 fully saturated rings. The summed E-state index contributed by atoms with van der Waals surface area (Å²) < 4.78 is 0. The van der Waals surface area contributed by atoms with Crippen molar-refractivity contribution in [1.82, 2.24) is 0 Å². The molecule has 2 N–H and O–H groups in total. The Morgan fingerprint density at radius 2 is 2.09 bits per heavy atom. The summed E-state index contributed by atoms with van der Waals surface area (Å²) in [6.07, 6.45) is 0.0476. The second-order valence-corrected chi connectivity index (χ2v) is 5.01. The summed E-state index contributed by atoms with van der Waals surface area (Å²) in [5.41, 5.74) is 2.63. The molecule has 1 heterocycles. The second kappa shape index (κ2) is 5.73. The minimum Gasteiger partial charge on any atom is -0.478 e. The van der Waals surface area contributed by atoms with Gasteiger partial charge >= 0.3 is 5.97 Å². The zero-order valence-electron chi connectivity index (χ0n) is 11.9. The molecular formula is C17H11N3O3. The first-order valence-electron chi connectivity index (χ1n) is 6.82. The number of nitrogens with zero attached hydrogens (tertiary/aromatic N) is 2. The van der Waals surface area contributed by atoms with Gasteiger partial charge in [-0.2, -0.15) is 5.26 Å². The van der Waals surface area contributed by atoms with Crippen LogP contribution in [0.5, 0.6) is 0 Å². The van der Waals surface area contributed by atoms with E-state index in [0.29, 0.717) is 28.2 Å². The van der Waals surface area contributed by atoms with E-state index in [1.54, 1.807) is 30.3 Å². The molecule has 0 saturated heterocycles. The Morgan fingerprint density at radius 1 is 1.26 bits per heavy atom. The molecule has 0 aliphatic carbocycles. The van der Waals surface area contributed by atoms with Gasteiger partial charge in [0.2, 0.25) is 5.91 Å². The van der Waals surface area contributed by atoms with E-state index in [1.165, 1.54) is 12.1 Å². The van der Waals surface area contributed by atoms with Crippen LogP contribution in [0, 0.1) is 11.3 Å². The molecule has 6 heteroatoms. The Bertz CT molecular complexity index is 894. The van der Waals surface area contributed by atoms with Gasteiger partial charge < -0.3 is 10.4 Å². The highest BCUT2D eigenvalue weighted by Gasteiger charge is 2.18. The van der Waals surface area contributed by atoms with Gasteiger partial charge in [-0.1, -0.05) is 12.1 Å². The molecule has 1 aliphatic rings. The molecule has 1 amide bonds. The van der Waals surface area contributed by atoms with Crippen LogP contribution in [0.25, 0.3) is 0 Å². The van der Waals surface area contributed by atoms with Crippen LogP contribution in [0.1, 0.15) is 27.9 Å². The van der Waals surface area contributed by atoms with E-state index in [0.717, 1.165) is 0 Å². The van der Waals surface area contributed by atoms with Gasteiger partial charge in [-0.15, -0.1) is 0 Å². The van der Waals surface area contributed by atoms with Crippen LogP contribution < -0.4 is 5.32 Å². The molecule has 0 bridgehead atoms. The van der Waals surface area contributed by atoms with Gasteiger partial charge in [0, 0.05) is 0 Å². The molecule has 2 aromatic rings. The zero-order valence-corrected chi connectivity index (χ0v) is 11.9. The van der Waals surface area contributed by atoms with Gasteiger partial charge in [-0.3, -0.25) is 9.79 Å². The number of nitrogens with one attached hydrogen (secondary N) is 1. The predicted octanol–water partition coefficient (Wildman–Crippen LogP) is 2.72. The summed E-state index contributed by atoms with van der Waals surface area (Å²) in [7, 11) is 0. The monoisotopic (exact) mass is 305 g/mol. The number of amides is 1. The average molecular weight is 305 g/mol. The Kier molecular flexibility index (Phi) is 3.61. The first kappa shape index (κ1) is 14.5. The van der Waals surface area contributed by atoms with Crippen LogP contribution in [0.4, 0.5) is 11.4 Å². The highest BCUT2D eigenvalue weighted by Crippen LogP contribution is 2.30. The van der Waals surface area contributed by atoms with Crippen molar-refractivity contribution in [3.05, 3.63) is 59.2 Å². The van der Waals surface area contributed by atoms with E-state index >= 15 is 0 Å². The Morgan fingerprint density at radius 3 is 2.83 bits per heavy atom. The van der Waals surface area contributed by atoms with Gasteiger partial charge in [0.05, 0.1) is 40.7 Å². The average Bonchev–Trinajstić information content (AvgIpc) is 2.72. The number of aromatic carboxylic acids is 1. The summed E-state index contributed by atoms with van der Waals surface area (Å²) >= 11 is 0. The minimum absolute atomic E-state index is 0.0476. The summed E-state index contributed by atoms with van der Waals surface area (Å²) in [6.45, 7) is 0. The third-order valence-electron chi connectivity index (χ3n) is 3.43. The van der Waals surface area contributed by atoms with Crippen molar-refractivity contribution in [1.29, 1.82) is 5.26 Å². The highest BCUT2D eigenvalue weighted by molar-refractivity contribution is 6.17. The fourth-order valence-electron chi connectivity index (χ4n) is 2.33. The molecule has 3 rings (SSSR count). The van der Waals surface area contributed by atoms with Crippen molar-refractivity contribution < 1.29 is 14.7 Å². The van der Waals surface area contributed by atoms with E-state index in [9.17, 15) is 9.59 Å². The molecule has 0 atom stereocenters. The molecule has 0 spiro atoms. The smallest absolute Gasteiger partial charge is 0.335 e. The lowest BCUT2D eigenvalue weighted by Crippen LogP contribution is -2.15. The molecule has 23 heavy (non-hydrogen) atoms. The topological polar surface area (TPSA) is 103 Å². The Hall–Kier alpha value is -3.46. The van der Waals surface area contributed by atoms with Crippen molar-refractivity contribution in [2.75, 3.05) is 5.32 Å². The van der Waals surface area contributed by atoms with Crippen LogP contribution in [-0.2, 0) is 4.79 Å². The molecule has 0 radical (unpaired) electrons. The molecule has 1 aliphatic heterocycles.